The van der Waals surface area contributed by atoms with Crippen LogP contribution in [-0.4, -0.2) is 45.8 Å². The number of aliphatic hydroxyl groups excluding tert-OH is 1. The molecular weight excluding hydrogens is 402 g/mol. The molecule has 2 atom stereocenters. The summed E-state index contributed by atoms with van der Waals surface area (Å²) < 4.78 is 10.8. The molecule has 30 heavy (non-hydrogen) atoms. The second-order valence-corrected chi connectivity index (χ2v) is 9.19. The second kappa shape index (κ2) is 9.43. The van der Waals surface area contributed by atoms with Crippen molar-refractivity contribution in [3.8, 4) is 0 Å². The molecule has 0 aromatic carbocycles. The van der Waals surface area contributed by atoms with Crippen LogP contribution in [0.4, 0.5) is 0 Å². The van der Waals surface area contributed by atoms with E-state index in [0.717, 1.165) is 35.2 Å². The number of aromatic amines is 1. The number of aromatic nitrogens is 2. The fourth-order valence-electron chi connectivity index (χ4n) is 4.09. The molecule has 0 bridgehead atoms. The molecule has 162 valence electrons. The fourth-order valence-corrected chi connectivity index (χ4v) is 5.49. The average molecular weight is 432 g/mol. The van der Waals surface area contributed by atoms with Crippen molar-refractivity contribution < 1.29 is 14.3 Å². The Balaban J connectivity index is 1.57. The number of aryl methyl sites for hydroxylation is 1. The number of nitrogens with zero attached hydrogens (tertiary/aromatic N) is 2. The van der Waals surface area contributed by atoms with Gasteiger partial charge in [-0.25, -0.2) is 4.98 Å². The highest BCUT2D eigenvalue weighted by Crippen LogP contribution is 2.35. The minimum absolute atomic E-state index is 0.0603. The van der Waals surface area contributed by atoms with Crippen LogP contribution in [0.5, 0.6) is 0 Å². The zero-order valence-electron chi connectivity index (χ0n) is 17.5. The summed E-state index contributed by atoms with van der Waals surface area (Å²) in [5, 5.41) is 11.1. The Labute approximate surface area is 179 Å². The van der Waals surface area contributed by atoms with Crippen molar-refractivity contribution in [1.29, 1.82) is 0 Å². The van der Waals surface area contributed by atoms with E-state index in [1.165, 1.54) is 10.4 Å². The molecule has 0 fully saturated rings. The number of aliphatic hydroxyl groups is 1. The number of fused-ring (bicyclic) bond motifs is 3. The van der Waals surface area contributed by atoms with Crippen molar-refractivity contribution in [3.63, 3.8) is 0 Å². The van der Waals surface area contributed by atoms with Gasteiger partial charge in [0.15, 0.2) is 0 Å². The fraction of sp³-hybridized carbons (Fsp3) is 0.545. The molecular formula is C22H29N3O4S. The summed E-state index contributed by atoms with van der Waals surface area (Å²) >= 11 is 1.65. The third-order valence-corrected chi connectivity index (χ3v) is 6.68. The van der Waals surface area contributed by atoms with E-state index < -0.39 is 6.10 Å². The lowest BCUT2D eigenvalue weighted by Crippen LogP contribution is -2.35. The standard InChI is InChI=1S/C22H29N3O4S/c1-3-28-13-15(26)10-25(11-16-5-4-8-29-16)12-19-23-21(27)20-17-7-6-14(2)9-18(17)30-22(20)24-19/h4-5,8,14-15,26H,3,6-7,9-13H2,1-2H3,(H,23,24,27)/t14-,15+/m0/s1. The Hall–Kier alpha value is -2.00. The molecule has 0 amide bonds. The van der Waals surface area contributed by atoms with E-state index in [0.29, 0.717) is 38.0 Å². The van der Waals surface area contributed by atoms with Crippen LogP contribution in [0, 0.1) is 5.92 Å². The normalized spacial score (nSPS) is 17.5. The first kappa shape index (κ1) is 21.2. The molecule has 0 saturated heterocycles. The van der Waals surface area contributed by atoms with Gasteiger partial charge < -0.3 is 19.2 Å². The minimum Gasteiger partial charge on any atom is -0.468 e. The molecule has 8 heteroatoms. The van der Waals surface area contributed by atoms with Crippen molar-refractivity contribution in [3.05, 3.63) is 50.8 Å². The largest absolute Gasteiger partial charge is 0.468 e. The Bertz CT molecular complexity index is 1030. The Kier molecular flexibility index (Phi) is 6.67. The number of H-pyrrole nitrogens is 1. The molecule has 1 aliphatic carbocycles. The van der Waals surface area contributed by atoms with E-state index in [-0.39, 0.29) is 12.2 Å². The molecule has 0 saturated carbocycles. The van der Waals surface area contributed by atoms with Gasteiger partial charge in [-0.3, -0.25) is 9.69 Å². The highest BCUT2D eigenvalue weighted by atomic mass is 32.1. The number of hydrogen-bond donors (Lipinski definition) is 2. The highest BCUT2D eigenvalue weighted by Gasteiger charge is 2.23. The maximum absolute atomic E-state index is 12.9. The van der Waals surface area contributed by atoms with Crippen LogP contribution in [-0.2, 0) is 30.7 Å². The zero-order valence-corrected chi connectivity index (χ0v) is 18.3. The van der Waals surface area contributed by atoms with Crippen molar-refractivity contribution in [2.45, 2.75) is 52.3 Å². The Morgan fingerprint density at radius 3 is 3.10 bits per heavy atom. The zero-order chi connectivity index (χ0) is 21.1. The SMILES string of the molecule is CCOC[C@H](O)CN(Cc1nc2sc3c(c2c(=O)[nH]1)CC[C@H](C)C3)Cc1ccco1. The summed E-state index contributed by atoms with van der Waals surface area (Å²) in [6, 6.07) is 3.74. The van der Waals surface area contributed by atoms with Crippen molar-refractivity contribution in [2.24, 2.45) is 5.92 Å². The van der Waals surface area contributed by atoms with Gasteiger partial charge in [0.05, 0.1) is 37.4 Å². The average Bonchev–Trinajstić information content (AvgIpc) is 3.33. The molecule has 0 unspecified atom stereocenters. The quantitative estimate of drug-likeness (QED) is 0.541. The number of furan rings is 1. The lowest BCUT2D eigenvalue weighted by atomic mass is 9.89. The van der Waals surface area contributed by atoms with E-state index in [1.807, 2.05) is 24.0 Å². The lowest BCUT2D eigenvalue weighted by molar-refractivity contribution is 0.0163. The van der Waals surface area contributed by atoms with E-state index >= 15 is 0 Å². The van der Waals surface area contributed by atoms with E-state index in [1.54, 1.807) is 17.6 Å². The summed E-state index contributed by atoms with van der Waals surface area (Å²) in [5.41, 5.74) is 1.13. The van der Waals surface area contributed by atoms with Gasteiger partial charge >= 0.3 is 0 Å². The van der Waals surface area contributed by atoms with Crippen LogP contribution in [0.3, 0.4) is 0 Å². The monoisotopic (exact) mass is 431 g/mol. The van der Waals surface area contributed by atoms with Gasteiger partial charge in [-0.05, 0) is 49.8 Å². The van der Waals surface area contributed by atoms with Crippen LogP contribution in [0.2, 0.25) is 0 Å². The summed E-state index contributed by atoms with van der Waals surface area (Å²) in [7, 11) is 0. The van der Waals surface area contributed by atoms with Crippen LogP contribution in [0.15, 0.2) is 27.6 Å². The summed E-state index contributed by atoms with van der Waals surface area (Å²) in [6.07, 6.45) is 4.10. The third kappa shape index (κ3) is 4.83. The summed E-state index contributed by atoms with van der Waals surface area (Å²) in [6.45, 7) is 6.30. The first-order valence-electron chi connectivity index (χ1n) is 10.6. The van der Waals surface area contributed by atoms with Crippen LogP contribution in [0.1, 0.15) is 42.3 Å². The van der Waals surface area contributed by atoms with Gasteiger partial charge in [-0.15, -0.1) is 11.3 Å². The first-order valence-corrected chi connectivity index (χ1v) is 11.4. The molecule has 1 aliphatic rings. The number of rotatable bonds is 9. The van der Waals surface area contributed by atoms with Crippen LogP contribution >= 0.6 is 11.3 Å². The molecule has 2 N–H and O–H groups in total. The lowest BCUT2D eigenvalue weighted by Gasteiger charge is -2.23. The minimum atomic E-state index is -0.633. The highest BCUT2D eigenvalue weighted by molar-refractivity contribution is 7.18. The van der Waals surface area contributed by atoms with Gasteiger partial charge in [0.1, 0.15) is 16.4 Å². The topological polar surface area (TPSA) is 91.6 Å². The van der Waals surface area contributed by atoms with E-state index in [4.69, 9.17) is 14.1 Å². The Morgan fingerprint density at radius 1 is 1.47 bits per heavy atom. The molecule has 3 aromatic rings. The van der Waals surface area contributed by atoms with Gasteiger partial charge in [0.25, 0.3) is 5.56 Å². The van der Waals surface area contributed by atoms with Crippen LogP contribution < -0.4 is 5.56 Å². The number of thiophene rings is 1. The maximum Gasteiger partial charge on any atom is 0.259 e. The molecule has 4 rings (SSSR count). The van der Waals surface area contributed by atoms with Gasteiger partial charge in [-0.2, -0.15) is 0 Å². The van der Waals surface area contributed by atoms with Gasteiger partial charge in [-0.1, -0.05) is 6.92 Å². The first-order chi connectivity index (χ1) is 14.5. The molecule has 3 aromatic heterocycles. The van der Waals surface area contributed by atoms with Crippen LogP contribution in [0.25, 0.3) is 10.2 Å². The maximum atomic E-state index is 12.9. The summed E-state index contributed by atoms with van der Waals surface area (Å²) in [5.74, 6) is 2.05. The van der Waals surface area contributed by atoms with Crippen molar-refractivity contribution in [2.75, 3.05) is 19.8 Å². The summed E-state index contributed by atoms with van der Waals surface area (Å²) in [4.78, 5) is 24.8. The van der Waals surface area contributed by atoms with Gasteiger partial charge in [0, 0.05) is 18.0 Å². The van der Waals surface area contributed by atoms with Crippen molar-refractivity contribution >= 4 is 21.6 Å². The predicted molar refractivity (Wildman–Crippen MR) is 117 cm³/mol. The number of nitrogens with one attached hydrogen (secondary N) is 1. The molecule has 0 aliphatic heterocycles. The Morgan fingerprint density at radius 2 is 2.33 bits per heavy atom. The van der Waals surface area contributed by atoms with Crippen molar-refractivity contribution in [1.82, 2.24) is 14.9 Å². The molecule has 3 heterocycles. The predicted octanol–water partition coefficient (Wildman–Crippen LogP) is 3.10. The number of ether oxygens (including phenoxy) is 1. The van der Waals surface area contributed by atoms with Gasteiger partial charge in [0.2, 0.25) is 0 Å². The number of hydrogen-bond acceptors (Lipinski definition) is 7. The van der Waals surface area contributed by atoms with E-state index in [2.05, 4.69) is 11.9 Å². The smallest absolute Gasteiger partial charge is 0.259 e. The third-order valence-electron chi connectivity index (χ3n) is 5.53. The second-order valence-electron chi connectivity index (χ2n) is 8.11. The molecule has 7 nitrogen and oxygen atoms in total. The van der Waals surface area contributed by atoms with E-state index in [9.17, 15) is 9.90 Å². The molecule has 0 radical (unpaired) electrons. The molecule has 0 spiro atoms.